The first-order valence-corrected chi connectivity index (χ1v) is 5.47. The van der Waals surface area contributed by atoms with E-state index in [0.29, 0.717) is 5.92 Å². The smallest absolute Gasteiger partial charge is 0.325 e. The Labute approximate surface area is 93.6 Å². The summed E-state index contributed by atoms with van der Waals surface area (Å²) in [5, 5.41) is 3.26. The normalized spacial score (nSPS) is 13.1. The molecule has 90 valence electrons. The molecule has 1 N–H and O–H groups in total. The Bertz CT molecular complexity index is 220. The highest BCUT2D eigenvalue weighted by atomic mass is 16.5. The van der Waals surface area contributed by atoms with Crippen molar-refractivity contribution in [3.63, 3.8) is 0 Å². The van der Waals surface area contributed by atoms with Crippen molar-refractivity contribution >= 4 is 5.97 Å². The number of hydrogen-bond donors (Lipinski definition) is 1. The molecule has 0 saturated heterocycles. The molecule has 0 aromatic heterocycles. The van der Waals surface area contributed by atoms with Gasteiger partial charge in [-0.25, -0.2) is 0 Å². The third kappa shape index (κ3) is 4.20. The molecule has 0 saturated carbocycles. The molecule has 0 amide bonds. The molecule has 0 bridgehead atoms. The Morgan fingerprint density at radius 2 is 1.73 bits per heavy atom. The summed E-state index contributed by atoms with van der Waals surface area (Å²) in [7, 11) is 1.42. The van der Waals surface area contributed by atoms with Crippen LogP contribution in [0.3, 0.4) is 0 Å². The number of rotatable bonds is 5. The highest BCUT2D eigenvalue weighted by Gasteiger charge is 2.31. The van der Waals surface area contributed by atoms with E-state index in [9.17, 15) is 4.79 Å². The zero-order valence-electron chi connectivity index (χ0n) is 11.1. The first-order chi connectivity index (χ1) is 6.63. The van der Waals surface area contributed by atoms with Crippen molar-refractivity contribution in [2.75, 3.05) is 13.7 Å². The lowest BCUT2D eigenvalue weighted by Gasteiger charge is -2.33. The lowest BCUT2D eigenvalue weighted by molar-refractivity contribution is -0.147. The van der Waals surface area contributed by atoms with Crippen molar-refractivity contribution in [3.05, 3.63) is 0 Å². The van der Waals surface area contributed by atoms with Crippen LogP contribution in [0.4, 0.5) is 0 Å². The minimum Gasteiger partial charge on any atom is -0.468 e. The highest BCUT2D eigenvalue weighted by Crippen LogP contribution is 2.25. The van der Waals surface area contributed by atoms with E-state index in [2.05, 4.69) is 33.0 Å². The van der Waals surface area contributed by atoms with Gasteiger partial charge in [0.05, 0.1) is 7.11 Å². The minimum atomic E-state index is -0.610. The summed E-state index contributed by atoms with van der Waals surface area (Å²) < 4.78 is 4.74. The number of carbonyl (C=O) groups excluding carboxylic acids is 1. The fourth-order valence-electron chi connectivity index (χ4n) is 0.980. The van der Waals surface area contributed by atoms with Crippen LogP contribution >= 0.6 is 0 Å². The van der Waals surface area contributed by atoms with Gasteiger partial charge in [0, 0.05) is 6.54 Å². The van der Waals surface area contributed by atoms with Crippen LogP contribution in [-0.2, 0) is 9.53 Å². The van der Waals surface area contributed by atoms with Crippen LogP contribution in [0.1, 0.15) is 41.5 Å². The lowest BCUT2D eigenvalue weighted by Crippen LogP contribution is -2.51. The van der Waals surface area contributed by atoms with E-state index in [1.165, 1.54) is 7.11 Å². The van der Waals surface area contributed by atoms with Crippen LogP contribution in [0.2, 0.25) is 0 Å². The molecule has 0 spiro atoms. The van der Waals surface area contributed by atoms with Crippen molar-refractivity contribution in [1.29, 1.82) is 0 Å². The summed E-state index contributed by atoms with van der Waals surface area (Å²) in [4.78, 5) is 11.4. The lowest BCUT2D eigenvalue weighted by atomic mass is 9.80. The maximum atomic E-state index is 11.4. The van der Waals surface area contributed by atoms with E-state index in [4.69, 9.17) is 4.74 Å². The van der Waals surface area contributed by atoms with Crippen LogP contribution < -0.4 is 5.32 Å². The Morgan fingerprint density at radius 1 is 1.27 bits per heavy atom. The zero-order chi connectivity index (χ0) is 12.3. The third-order valence-electron chi connectivity index (χ3n) is 3.24. The van der Waals surface area contributed by atoms with Crippen molar-refractivity contribution in [3.8, 4) is 0 Å². The topological polar surface area (TPSA) is 38.3 Å². The fourth-order valence-corrected chi connectivity index (χ4v) is 0.980. The Morgan fingerprint density at radius 3 is 2.07 bits per heavy atom. The molecule has 0 radical (unpaired) electrons. The average molecular weight is 215 g/mol. The standard InChI is InChI=1S/C12H25NO2/c1-9(2)11(3,4)8-13-12(5,6)10(14)15-7/h9,13H,8H2,1-7H3. The minimum absolute atomic E-state index is 0.172. The summed E-state index contributed by atoms with van der Waals surface area (Å²) >= 11 is 0. The Kier molecular flexibility index (Phi) is 4.78. The van der Waals surface area contributed by atoms with Gasteiger partial charge in [-0.2, -0.15) is 0 Å². The molecule has 0 aliphatic rings. The number of ether oxygens (including phenoxy) is 1. The van der Waals surface area contributed by atoms with Gasteiger partial charge in [0.2, 0.25) is 0 Å². The van der Waals surface area contributed by atoms with Gasteiger partial charge in [0.25, 0.3) is 0 Å². The van der Waals surface area contributed by atoms with Crippen LogP contribution in [0.15, 0.2) is 0 Å². The predicted octanol–water partition coefficient (Wildman–Crippen LogP) is 2.21. The van der Waals surface area contributed by atoms with E-state index in [-0.39, 0.29) is 11.4 Å². The van der Waals surface area contributed by atoms with Crippen LogP contribution in [-0.4, -0.2) is 25.2 Å². The monoisotopic (exact) mass is 215 g/mol. The van der Waals surface area contributed by atoms with Crippen molar-refractivity contribution in [2.24, 2.45) is 11.3 Å². The maximum absolute atomic E-state index is 11.4. The van der Waals surface area contributed by atoms with Crippen LogP contribution in [0.5, 0.6) is 0 Å². The molecule has 0 fully saturated rings. The fraction of sp³-hybridized carbons (Fsp3) is 0.917. The van der Waals surface area contributed by atoms with Crippen LogP contribution in [0, 0.1) is 11.3 Å². The molecule has 0 aliphatic heterocycles. The number of carbonyl (C=O) groups is 1. The Balaban J connectivity index is 4.32. The van der Waals surface area contributed by atoms with Gasteiger partial charge in [-0.15, -0.1) is 0 Å². The second kappa shape index (κ2) is 4.97. The molecule has 0 aliphatic carbocycles. The van der Waals surface area contributed by atoms with Gasteiger partial charge in [0.1, 0.15) is 5.54 Å². The summed E-state index contributed by atoms with van der Waals surface area (Å²) in [6, 6.07) is 0. The van der Waals surface area contributed by atoms with Gasteiger partial charge in [-0.05, 0) is 25.2 Å². The molecule has 0 aromatic carbocycles. The van der Waals surface area contributed by atoms with Crippen LogP contribution in [0.25, 0.3) is 0 Å². The second-order valence-corrected chi connectivity index (χ2v) is 5.61. The molecule has 0 atom stereocenters. The zero-order valence-corrected chi connectivity index (χ0v) is 11.1. The molecule has 3 nitrogen and oxygen atoms in total. The van der Waals surface area contributed by atoms with Gasteiger partial charge < -0.3 is 10.1 Å². The van der Waals surface area contributed by atoms with Gasteiger partial charge >= 0.3 is 5.97 Å². The van der Waals surface area contributed by atoms with Crippen molar-refractivity contribution in [1.82, 2.24) is 5.32 Å². The first-order valence-electron chi connectivity index (χ1n) is 5.47. The molecule has 0 aromatic rings. The third-order valence-corrected chi connectivity index (χ3v) is 3.24. The molecule has 0 unspecified atom stereocenters. The van der Waals surface area contributed by atoms with E-state index >= 15 is 0 Å². The summed E-state index contributed by atoms with van der Waals surface area (Å²) in [5.41, 5.74) is -0.438. The number of hydrogen-bond acceptors (Lipinski definition) is 3. The van der Waals surface area contributed by atoms with Gasteiger partial charge in [-0.1, -0.05) is 27.7 Å². The highest BCUT2D eigenvalue weighted by molar-refractivity contribution is 5.79. The number of esters is 1. The second-order valence-electron chi connectivity index (χ2n) is 5.61. The van der Waals surface area contributed by atoms with E-state index in [1.807, 2.05) is 13.8 Å². The molecule has 0 heterocycles. The molecular formula is C12H25NO2. The van der Waals surface area contributed by atoms with Gasteiger partial charge in [0.15, 0.2) is 0 Å². The maximum Gasteiger partial charge on any atom is 0.325 e. The molecule has 15 heavy (non-hydrogen) atoms. The summed E-state index contributed by atoms with van der Waals surface area (Å²) in [6.45, 7) is 13.2. The predicted molar refractivity (Wildman–Crippen MR) is 62.7 cm³/mol. The van der Waals surface area contributed by atoms with Crippen molar-refractivity contribution < 1.29 is 9.53 Å². The molecule has 3 heteroatoms. The molecule has 0 rings (SSSR count). The van der Waals surface area contributed by atoms with Crippen molar-refractivity contribution in [2.45, 2.75) is 47.1 Å². The average Bonchev–Trinajstić information content (AvgIpc) is 2.13. The summed E-state index contributed by atoms with van der Waals surface area (Å²) in [5.74, 6) is 0.348. The summed E-state index contributed by atoms with van der Waals surface area (Å²) in [6.07, 6.45) is 0. The molecular weight excluding hydrogens is 190 g/mol. The van der Waals surface area contributed by atoms with Gasteiger partial charge in [-0.3, -0.25) is 4.79 Å². The van der Waals surface area contributed by atoms with E-state index in [1.54, 1.807) is 0 Å². The largest absolute Gasteiger partial charge is 0.468 e. The quantitative estimate of drug-likeness (QED) is 0.715. The SMILES string of the molecule is COC(=O)C(C)(C)NCC(C)(C)C(C)C. The number of nitrogens with one attached hydrogen (secondary N) is 1. The number of methoxy groups -OCH3 is 1. The Hall–Kier alpha value is -0.570. The first kappa shape index (κ1) is 14.4. The van der Waals surface area contributed by atoms with E-state index < -0.39 is 5.54 Å². The van der Waals surface area contributed by atoms with E-state index in [0.717, 1.165) is 6.54 Å².